The number of nitriles is 1. The lowest BCUT2D eigenvalue weighted by molar-refractivity contribution is 0.0600. The van der Waals surface area contributed by atoms with Crippen LogP contribution in [0.25, 0.3) is 0 Å². The van der Waals surface area contributed by atoms with E-state index in [2.05, 4.69) is 4.74 Å². The minimum absolute atomic E-state index is 0.204. The Balaban J connectivity index is 1.83. The predicted molar refractivity (Wildman–Crippen MR) is 88.9 cm³/mol. The number of hydrogen-bond donors (Lipinski definition) is 0. The Morgan fingerprint density at radius 2 is 2.04 bits per heavy atom. The molecule has 0 bridgehead atoms. The van der Waals surface area contributed by atoms with E-state index in [1.165, 1.54) is 7.11 Å². The van der Waals surface area contributed by atoms with E-state index in [9.17, 15) is 9.59 Å². The highest BCUT2D eigenvalue weighted by Crippen LogP contribution is 2.21. The van der Waals surface area contributed by atoms with Gasteiger partial charge >= 0.3 is 5.97 Å². The number of carbonyl (C=O) groups excluding carboxylic acids is 1. The SMILES string of the molecule is COC(=O)c1ccc(CCn2c3c(cc(C#N)c2=O)CCC3)cc1. The summed E-state index contributed by atoms with van der Waals surface area (Å²) in [4.78, 5) is 23.9. The zero-order chi connectivity index (χ0) is 17.1. The number of methoxy groups -OCH3 is 1. The zero-order valence-electron chi connectivity index (χ0n) is 13.5. The molecule has 0 spiro atoms. The quantitative estimate of drug-likeness (QED) is 0.809. The first-order valence-corrected chi connectivity index (χ1v) is 7.97. The largest absolute Gasteiger partial charge is 0.465 e. The minimum atomic E-state index is -0.364. The number of esters is 1. The number of benzene rings is 1. The first-order valence-electron chi connectivity index (χ1n) is 7.97. The monoisotopic (exact) mass is 322 g/mol. The maximum absolute atomic E-state index is 12.4. The summed E-state index contributed by atoms with van der Waals surface area (Å²) in [5.41, 5.74) is 3.73. The van der Waals surface area contributed by atoms with Gasteiger partial charge < -0.3 is 9.30 Å². The Labute approximate surface area is 140 Å². The van der Waals surface area contributed by atoms with Crippen LogP contribution in [0.2, 0.25) is 0 Å². The van der Waals surface area contributed by atoms with Gasteiger partial charge in [-0.15, -0.1) is 0 Å². The molecular formula is C19H18N2O3. The molecule has 2 aromatic rings. The molecule has 5 heteroatoms. The van der Waals surface area contributed by atoms with E-state index >= 15 is 0 Å². The minimum Gasteiger partial charge on any atom is -0.465 e. The molecule has 0 N–H and O–H groups in total. The molecule has 0 atom stereocenters. The van der Waals surface area contributed by atoms with Crippen LogP contribution in [0.3, 0.4) is 0 Å². The highest BCUT2D eigenvalue weighted by molar-refractivity contribution is 5.89. The van der Waals surface area contributed by atoms with Crippen molar-refractivity contribution in [2.24, 2.45) is 0 Å². The fourth-order valence-corrected chi connectivity index (χ4v) is 3.20. The third-order valence-electron chi connectivity index (χ3n) is 4.47. The number of ether oxygens (including phenoxy) is 1. The molecule has 1 aliphatic carbocycles. The van der Waals surface area contributed by atoms with Crippen molar-refractivity contribution in [3.8, 4) is 6.07 Å². The Bertz CT molecular complexity index is 873. The van der Waals surface area contributed by atoms with Crippen LogP contribution in [0.15, 0.2) is 35.1 Å². The molecule has 122 valence electrons. The molecular weight excluding hydrogens is 304 g/mol. The van der Waals surface area contributed by atoms with Crippen LogP contribution in [0.4, 0.5) is 0 Å². The number of hydrogen-bond acceptors (Lipinski definition) is 4. The lowest BCUT2D eigenvalue weighted by Gasteiger charge is -2.13. The number of aryl methyl sites for hydroxylation is 2. The van der Waals surface area contributed by atoms with Crippen molar-refractivity contribution < 1.29 is 9.53 Å². The second kappa shape index (κ2) is 6.71. The van der Waals surface area contributed by atoms with Gasteiger partial charge in [-0.25, -0.2) is 4.79 Å². The summed E-state index contributed by atoms with van der Waals surface area (Å²) in [6.07, 6.45) is 3.51. The van der Waals surface area contributed by atoms with Crippen LogP contribution in [0.5, 0.6) is 0 Å². The molecule has 0 unspecified atom stereocenters. The fraction of sp³-hybridized carbons (Fsp3) is 0.316. The molecule has 3 rings (SSSR count). The molecule has 1 aromatic heterocycles. The summed E-state index contributed by atoms with van der Waals surface area (Å²) < 4.78 is 6.43. The summed E-state index contributed by atoms with van der Waals surface area (Å²) in [7, 11) is 1.35. The van der Waals surface area contributed by atoms with Crippen molar-refractivity contribution in [2.75, 3.05) is 7.11 Å². The topological polar surface area (TPSA) is 72.1 Å². The highest BCUT2D eigenvalue weighted by atomic mass is 16.5. The van der Waals surface area contributed by atoms with Gasteiger partial charge in [-0.1, -0.05) is 12.1 Å². The maximum atomic E-state index is 12.4. The van der Waals surface area contributed by atoms with Crippen molar-refractivity contribution in [3.63, 3.8) is 0 Å². The lowest BCUT2D eigenvalue weighted by Crippen LogP contribution is -2.26. The van der Waals surface area contributed by atoms with Crippen LogP contribution in [-0.2, 0) is 30.5 Å². The van der Waals surface area contributed by atoms with E-state index in [4.69, 9.17) is 5.26 Å². The van der Waals surface area contributed by atoms with Crippen molar-refractivity contribution >= 4 is 5.97 Å². The Morgan fingerprint density at radius 1 is 1.29 bits per heavy atom. The first kappa shape index (κ1) is 16.0. The number of carbonyl (C=O) groups is 1. The molecule has 0 radical (unpaired) electrons. The van der Waals surface area contributed by atoms with E-state index in [1.54, 1.807) is 22.8 Å². The average molecular weight is 322 g/mol. The van der Waals surface area contributed by atoms with Gasteiger partial charge in [0.1, 0.15) is 11.6 Å². The number of fused-ring (bicyclic) bond motifs is 1. The highest BCUT2D eigenvalue weighted by Gasteiger charge is 2.18. The molecule has 24 heavy (non-hydrogen) atoms. The molecule has 0 aliphatic heterocycles. The van der Waals surface area contributed by atoms with Crippen LogP contribution in [0.1, 0.15) is 39.2 Å². The smallest absolute Gasteiger partial charge is 0.337 e. The Morgan fingerprint density at radius 3 is 2.71 bits per heavy atom. The van der Waals surface area contributed by atoms with Crippen LogP contribution < -0.4 is 5.56 Å². The summed E-state index contributed by atoms with van der Waals surface area (Å²) in [6.45, 7) is 0.536. The van der Waals surface area contributed by atoms with Gasteiger partial charge in [-0.05, 0) is 55.0 Å². The number of rotatable bonds is 4. The van der Waals surface area contributed by atoms with Crippen LogP contribution in [-0.4, -0.2) is 17.6 Å². The lowest BCUT2D eigenvalue weighted by atomic mass is 10.1. The standard InChI is InChI=1S/C19H18N2O3/c1-24-19(23)14-7-5-13(6-8-14)9-10-21-17-4-2-3-15(17)11-16(12-20)18(21)22/h5-8,11H,2-4,9-10H2,1H3. The van der Waals surface area contributed by atoms with E-state index in [-0.39, 0.29) is 17.1 Å². The van der Waals surface area contributed by atoms with Gasteiger partial charge in [0.15, 0.2) is 0 Å². The zero-order valence-corrected chi connectivity index (χ0v) is 13.5. The molecule has 1 aromatic carbocycles. The molecule has 0 amide bonds. The van der Waals surface area contributed by atoms with Gasteiger partial charge in [0.2, 0.25) is 0 Å². The molecule has 5 nitrogen and oxygen atoms in total. The van der Waals surface area contributed by atoms with Gasteiger partial charge in [0, 0.05) is 12.2 Å². The van der Waals surface area contributed by atoms with Crippen molar-refractivity contribution in [2.45, 2.75) is 32.2 Å². The van der Waals surface area contributed by atoms with E-state index in [0.717, 1.165) is 36.1 Å². The second-order valence-corrected chi connectivity index (χ2v) is 5.89. The van der Waals surface area contributed by atoms with E-state index in [0.29, 0.717) is 18.5 Å². The first-order chi connectivity index (χ1) is 11.6. The van der Waals surface area contributed by atoms with Crippen LogP contribution in [0, 0.1) is 11.3 Å². The Kier molecular flexibility index (Phi) is 4.48. The van der Waals surface area contributed by atoms with Gasteiger partial charge in [-0.3, -0.25) is 4.79 Å². The average Bonchev–Trinajstić information content (AvgIpc) is 3.08. The predicted octanol–water partition coefficient (Wildman–Crippen LogP) is 2.24. The summed E-state index contributed by atoms with van der Waals surface area (Å²) in [6, 6.07) is 10.9. The van der Waals surface area contributed by atoms with Crippen molar-refractivity contribution in [1.82, 2.24) is 4.57 Å². The number of aromatic nitrogens is 1. The fourth-order valence-electron chi connectivity index (χ4n) is 3.20. The molecule has 1 heterocycles. The van der Waals surface area contributed by atoms with Gasteiger partial charge in [0.25, 0.3) is 5.56 Å². The number of nitrogens with zero attached hydrogens (tertiary/aromatic N) is 2. The van der Waals surface area contributed by atoms with E-state index in [1.807, 2.05) is 18.2 Å². The Hall–Kier alpha value is -2.87. The third-order valence-corrected chi connectivity index (χ3v) is 4.47. The van der Waals surface area contributed by atoms with Crippen molar-refractivity contribution in [3.05, 3.63) is 68.6 Å². The van der Waals surface area contributed by atoms with Gasteiger partial charge in [0.05, 0.1) is 12.7 Å². The van der Waals surface area contributed by atoms with Gasteiger partial charge in [-0.2, -0.15) is 5.26 Å². The maximum Gasteiger partial charge on any atom is 0.337 e. The summed E-state index contributed by atoms with van der Waals surface area (Å²) in [5, 5.41) is 9.16. The molecule has 0 saturated carbocycles. The summed E-state index contributed by atoms with van der Waals surface area (Å²) >= 11 is 0. The summed E-state index contributed by atoms with van der Waals surface area (Å²) in [5.74, 6) is -0.364. The molecule has 1 aliphatic rings. The van der Waals surface area contributed by atoms with Crippen molar-refractivity contribution in [1.29, 1.82) is 5.26 Å². The second-order valence-electron chi connectivity index (χ2n) is 5.89. The molecule has 0 fully saturated rings. The normalized spacial score (nSPS) is 12.5. The number of pyridine rings is 1. The van der Waals surface area contributed by atoms with Crippen LogP contribution >= 0.6 is 0 Å². The molecule has 0 saturated heterocycles. The van der Waals surface area contributed by atoms with E-state index < -0.39 is 0 Å². The third kappa shape index (κ3) is 2.95.